The third-order valence-electron chi connectivity index (χ3n) is 2.85. The fraction of sp³-hybridized carbons (Fsp3) is 0.400. The lowest BCUT2D eigenvalue weighted by Gasteiger charge is -2.13. The second-order valence-electron chi connectivity index (χ2n) is 4.60. The molecule has 0 bridgehead atoms. The van der Waals surface area contributed by atoms with Crippen molar-refractivity contribution in [2.75, 3.05) is 11.9 Å². The van der Waals surface area contributed by atoms with E-state index in [0.717, 1.165) is 47.2 Å². The van der Waals surface area contributed by atoms with Gasteiger partial charge in [0.05, 0.1) is 5.02 Å². The molecule has 6 heteroatoms. The normalized spacial score (nSPS) is 10.6. The van der Waals surface area contributed by atoms with Crippen LogP contribution in [0.5, 0.6) is 0 Å². The number of halogens is 1. The highest BCUT2D eigenvalue weighted by atomic mass is 35.5. The van der Waals surface area contributed by atoms with Gasteiger partial charge in [-0.1, -0.05) is 31.9 Å². The molecule has 2 rings (SSSR count). The van der Waals surface area contributed by atoms with Crippen molar-refractivity contribution in [2.45, 2.75) is 43.2 Å². The van der Waals surface area contributed by atoms with Crippen LogP contribution in [0.15, 0.2) is 34.7 Å². The first-order valence-electron chi connectivity index (χ1n) is 7.11. The van der Waals surface area contributed by atoms with Gasteiger partial charge in [-0.3, -0.25) is 0 Å². The lowest BCUT2D eigenvalue weighted by molar-refractivity contribution is 0.848. The number of pyridine rings is 1. The Morgan fingerprint density at radius 2 is 2.00 bits per heavy atom. The summed E-state index contributed by atoms with van der Waals surface area (Å²) in [6, 6.07) is 3.75. The van der Waals surface area contributed by atoms with Crippen LogP contribution in [0, 0.1) is 0 Å². The molecule has 21 heavy (non-hydrogen) atoms. The molecule has 2 aromatic heterocycles. The molecule has 0 unspecified atom stereocenters. The van der Waals surface area contributed by atoms with Crippen molar-refractivity contribution in [2.24, 2.45) is 0 Å². The van der Waals surface area contributed by atoms with Gasteiger partial charge in [0.2, 0.25) is 0 Å². The van der Waals surface area contributed by atoms with Gasteiger partial charge in [0.25, 0.3) is 0 Å². The van der Waals surface area contributed by atoms with E-state index in [2.05, 4.69) is 34.1 Å². The summed E-state index contributed by atoms with van der Waals surface area (Å²) in [5.74, 6) is 0.935. The Labute approximate surface area is 134 Å². The number of hydrogen-bond donors (Lipinski definition) is 1. The predicted octanol–water partition coefficient (Wildman–Crippen LogP) is 4.45. The van der Waals surface area contributed by atoms with Crippen LogP contribution in [0.2, 0.25) is 5.02 Å². The average molecular weight is 323 g/mol. The second-order valence-corrected chi connectivity index (χ2v) is 6.05. The SMILES string of the molecule is CCCNc1ncnc(Sc2ccc(Cl)cn2)c1CCC. The first-order valence-corrected chi connectivity index (χ1v) is 8.31. The maximum atomic E-state index is 5.87. The zero-order valence-corrected chi connectivity index (χ0v) is 13.8. The first kappa shape index (κ1) is 16.0. The minimum absolute atomic E-state index is 0.640. The molecule has 4 nitrogen and oxygen atoms in total. The van der Waals surface area contributed by atoms with Crippen LogP contribution in [0.1, 0.15) is 32.3 Å². The van der Waals surface area contributed by atoms with Crippen LogP contribution in [-0.2, 0) is 6.42 Å². The van der Waals surface area contributed by atoms with Gasteiger partial charge < -0.3 is 5.32 Å². The smallest absolute Gasteiger partial charge is 0.133 e. The van der Waals surface area contributed by atoms with Crippen molar-refractivity contribution in [1.82, 2.24) is 15.0 Å². The van der Waals surface area contributed by atoms with Crippen molar-refractivity contribution in [1.29, 1.82) is 0 Å². The Kier molecular flexibility index (Phi) is 6.26. The van der Waals surface area contributed by atoms with E-state index in [9.17, 15) is 0 Å². The number of nitrogens with zero attached hydrogens (tertiary/aromatic N) is 3. The number of anilines is 1. The summed E-state index contributed by atoms with van der Waals surface area (Å²) in [6.07, 6.45) is 6.33. The van der Waals surface area contributed by atoms with Crippen LogP contribution in [-0.4, -0.2) is 21.5 Å². The summed E-state index contributed by atoms with van der Waals surface area (Å²) >= 11 is 7.42. The van der Waals surface area contributed by atoms with E-state index in [1.54, 1.807) is 24.3 Å². The summed E-state index contributed by atoms with van der Waals surface area (Å²) in [7, 11) is 0. The molecule has 0 spiro atoms. The number of rotatable bonds is 7. The average Bonchev–Trinajstić information content (AvgIpc) is 2.50. The fourth-order valence-electron chi connectivity index (χ4n) is 1.88. The second kappa shape index (κ2) is 8.20. The Balaban J connectivity index is 2.26. The molecule has 0 aliphatic rings. The summed E-state index contributed by atoms with van der Waals surface area (Å²) in [4.78, 5) is 13.1. The van der Waals surface area contributed by atoms with Gasteiger partial charge in [0, 0.05) is 18.3 Å². The summed E-state index contributed by atoms with van der Waals surface area (Å²) < 4.78 is 0. The van der Waals surface area contributed by atoms with Crippen LogP contribution < -0.4 is 5.32 Å². The van der Waals surface area contributed by atoms with E-state index in [-0.39, 0.29) is 0 Å². The molecule has 0 fully saturated rings. The van der Waals surface area contributed by atoms with E-state index < -0.39 is 0 Å². The van der Waals surface area contributed by atoms with E-state index in [1.807, 2.05) is 12.1 Å². The number of nitrogens with one attached hydrogen (secondary N) is 1. The van der Waals surface area contributed by atoms with Crippen molar-refractivity contribution >= 4 is 29.2 Å². The molecular formula is C15H19ClN4S. The lowest BCUT2D eigenvalue weighted by atomic mass is 10.2. The standard InChI is InChI=1S/C15H19ClN4S/c1-3-5-12-14(17-8-4-2)19-10-20-15(12)21-13-7-6-11(16)9-18-13/h6-7,9-10H,3-5,8H2,1-2H3,(H,17,19,20). The van der Waals surface area contributed by atoms with Gasteiger partial charge in [-0.25, -0.2) is 15.0 Å². The highest BCUT2D eigenvalue weighted by molar-refractivity contribution is 7.99. The topological polar surface area (TPSA) is 50.7 Å². The minimum atomic E-state index is 0.640. The Bertz CT molecular complexity index is 574. The molecule has 112 valence electrons. The van der Waals surface area contributed by atoms with Crippen molar-refractivity contribution in [3.05, 3.63) is 35.2 Å². The molecule has 0 aliphatic carbocycles. The molecule has 0 aromatic carbocycles. The van der Waals surface area contributed by atoms with Gasteiger partial charge in [-0.15, -0.1) is 0 Å². The molecule has 2 aromatic rings. The lowest BCUT2D eigenvalue weighted by Crippen LogP contribution is -2.07. The van der Waals surface area contributed by atoms with Crippen LogP contribution in [0.3, 0.4) is 0 Å². The third kappa shape index (κ3) is 4.58. The molecule has 0 atom stereocenters. The third-order valence-corrected chi connectivity index (χ3v) is 4.07. The first-order chi connectivity index (χ1) is 10.2. The van der Waals surface area contributed by atoms with Crippen LogP contribution >= 0.6 is 23.4 Å². The molecule has 0 saturated heterocycles. The van der Waals surface area contributed by atoms with Gasteiger partial charge in [0.15, 0.2) is 0 Å². The van der Waals surface area contributed by atoms with Crippen LogP contribution in [0.4, 0.5) is 5.82 Å². The van der Waals surface area contributed by atoms with Crippen molar-refractivity contribution < 1.29 is 0 Å². The molecule has 0 saturated carbocycles. The monoisotopic (exact) mass is 322 g/mol. The van der Waals surface area contributed by atoms with E-state index in [4.69, 9.17) is 11.6 Å². The summed E-state index contributed by atoms with van der Waals surface area (Å²) in [6.45, 7) is 5.21. The number of aromatic nitrogens is 3. The molecule has 0 amide bonds. The summed E-state index contributed by atoms with van der Waals surface area (Å²) in [5.41, 5.74) is 1.16. The Hall–Kier alpha value is -1.33. The minimum Gasteiger partial charge on any atom is -0.370 e. The maximum Gasteiger partial charge on any atom is 0.133 e. The van der Waals surface area contributed by atoms with E-state index in [0.29, 0.717) is 5.02 Å². The predicted molar refractivity (Wildman–Crippen MR) is 88.2 cm³/mol. The maximum absolute atomic E-state index is 5.87. The highest BCUT2D eigenvalue weighted by Gasteiger charge is 2.12. The molecule has 0 radical (unpaired) electrons. The fourth-order valence-corrected chi connectivity index (χ4v) is 2.85. The van der Waals surface area contributed by atoms with Gasteiger partial charge in [-0.2, -0.15) is 0 Å². The Morgan fingerprint density at radius 1 is 1.14 bits per heavy atom. The van der Waals surface area contributed by atoms with E-state index in [1.165, 1.54) is 0 Å². The zero-order chi connectivity index (χ0) is 15.1. The van der Waals surface area contributed by atoms with Crippen LogP contribution in [0.25, 0.3) is 0 Å². The van der Waals surface area contributed by atoms with Crippen molar-refractivity contribution in [3.63, 3.8) is 0 Å². The van der Waals surface area contributed by atoms with Gasteiger partial charge >= 0.3 is 0 Å². The largest absolute Gasteiger partial charge is 0.370 e. The molecule has 0 aliphatic heterocycles. The summed E-state index contributed by atoms with van der Waals surface area (Å²) in [5, 5.41) is 5.86. The highest BCUT2D eigenvalue weighted by Crippen LogP contribution is 2.31. The molecule has 1 N–H and O–H groups in total. The number of hydrogen-bond acceptors (Lipinski definition) is 5. The van der Waals surface area contributed by atoms with Gasteiger partial charge in [-0.05, 0) is 36.7 Å². The van der Waals surface area contributed by atoms with E-state index >= 15 is 0 Å². The zero-order valence-electron chi connectivity index (χ0n) is 12.3. The molecule has 2 heterocycles. The molecular weight excluding hydrogens is 304 g/mol. The Morgan fingerprint density at radius 3 is 2.67 bits per heavy atom. The van der Waals surface area contributed by atoms with Crippen molar-refractivity contribution in [3.8, 4) is 0 Å². The van der Waals surface area contributed by atoms with Gasteiger partial charge in [0.1, 0.15) is 22.2 Å². The quantitative estimate of drug-likeness (QED) is 0.763.